The van der Waals surface area contributed by atoms with Crippen molar-refractivity contribution in [1.29, 1.82) is 5.26 Å². The maximum Gasteiger partial charge on any atom is 0.200 e. The number of benzene rings is 3. The quantitative estimate of drug-likeness (QED) is 0.100. The van der Waals surface area contributed by atoms with Gasteiger partial charge in [-0.1, -0.05) is 60.6 Å². The lowest BCUT2D eigenvalue weighted by molar-refractivity contribution is 0.103. The Morgan fingerprint density at radius 2 is 1.73 bits per heavy atom. The number of hydrogen-bond acceptors (Lipinski definition) is 9. The molecule has 0 fully saturated rings. The Hall–Kier alpha value is -5.04. The molecule has 9 nitrogen and oxygen atoms in total. The smallest absolute Gasteiger partial charge is 0.200 e. The minimum atomic E-state index is -0.423. The Bertz CT molecular complexity index is 1860. The summed E-state index contributed by atoms with van der Waals surface area (Å²) >= 11 is 6.70. The van der Waals surface area contributed by atoms with Gasteiger partial charge >= 0.3 is 0 Å². The molecule has 1 aromatic heterocycles. The third kappa shape index (κ3) is 6.29. The van der Waals surface area contributed by atoms with Crippen LogP contribution in [-0.2, 0) is 11.2 Å². The van der Waals surface area contributed by atoms with E-state index >= 15 is 0 Å². The zero-order chi connectivity index (χ0) is 32.1. The highest BCUT2D eigenvalue weighted by molar-refractivity contribution is 6.35. The molecule has 0 radical (unpaired) electrons. The average Bonchev–Trinajstić information content (AvgIpc) is 3.02. The van der Waals surface area contributed by atoms with Gasteiger partial charge < -0.3 is 20.5 Å². The number of halogens is 1. The van der Waals surface area contributed by atoms with Gasteiger partial charge in [-0.2, -0.15) is 5.26 Å². The fourth-order valence-electron chi connectivity index (χ4n) is 5.46. The molecule has 45 heavy (non-hydrogen) atoms. The van der Waals surface area contributed by atoms with Crippen molar-refractivity contribution in [1.82, 2.24) is 4.98 Å². The van der Waals surface area contributed by atoms with E-state index in [1.165, 1.54) is 6.07 Å². The van der Waals surface area contributed by atoms with E-state index in [0.29, 0.717) is 71.3 Å². The minimum absolute atomic E-state index is 0.143. The molecule has 3 aromatic carbocycles. The highest BCUT2D eigenvalue weighted by Crippen LogP contribution is 2.47. The molecule has 228 valence electrons. The van der Waals surface area contributed by atoms with E-state index in [0.717, 1.165) is 17.5 Å². The lowest BCUT2D eigenvalue weighted by atomic mass is 9.79. The van der Waals surface area contributed by atoms with Crippen LogP contribution in [0.15, 0.2) is 71.4 Å². The van der Waals surface area contributed by atoms with Crippen LogP contribution in [0.25, 0.3) is 5.57 Å². The molecule has 0 saturated carbocycles. The molecule has 1 aliphatic rings. The van der Waals surface area contributed by atoms with Gasteiger partial charge in [0.05, 0.1) is 21.7 Å². The summed E-state index contributed by atoms with van der Waals surface area (Å²) in [5.41, 5.74) is 5.37. The minimum Gasteiger partial charge on any atom is -0.507 e. The molecule has 1 aliphatic carbocycles. The molecular formula is C35H33ClN6O3. The van der Waals surface area contributed by atoms with Gasteiger partial charge in [-0.3, -0.25) is 4.79 Å². The van der Waals surface area contributed by atoms with Crippen LogP contribution in [0.5, 0.6) is 5.75 Å². The Balaban J connectivity index is 1.57. The molecule has 10 heteroatoms. The number of azo groups is 1. The van der Waals surface area contributed by atoms with Crippen molar-refractivity contribution < 1.29 is 14.6 Å². The predicted octanol–water partition coefficient (Wildman–Crippen LogP) is 8.05. The van der Waals surface area contributed by atoms with Crippen LogP contribution < -0.4 is 10.6 Å². The van der Waals surface area contributed by atoms with Crippen molar-refractivity contribution in [3.8, 4) is 11.8 Å². The van der Waals surface area contributed by atoms with Crippen molar-refractivity contribution in [2.45, 2.75) is 26.7 Å². The fourth-order valence-corrected chi connectivity index (χ4v) is 5.76. The maximum atomic E-state index is 13.8. The van der Waals surface area contributed by atoms with E-state index in [2.05, 4.69) is 33.5 Å². The van der Waals surface area contributed by atoms with Crippen LogP contribution >= 0.6 is 11.6 Å². The molecule has 0 amide bonds. The number of ketones is 1. The van der Waals surface area contributed by atoms with Crippen LogP contribution in [0.2, 0.25) is 5.02 Å². The number of aromatic nitrogens is 1. The molecule has 3 N–H and O–H groups in total. The number of carbonyl (C=O) groups is 1. The summed E-state index contributed by atoms with van der Waals surface area (Å²) < 4.78 is 5.19. The van der Waals surface area contributed by atoms with Crippen LogP contribution in [0, 0.1) is 25.2 Å². The first-order valence-corrected chi connectivity index (χ1v) is 14.9. The summed E-state index contributed by atoms with van der Waals surface area (Å²) in [6, 6.07) is 18.9. The van der Waals surface area contributed by atoms with E-state index in [1.54, 1.807) is 32.2 Å². The molecule has 0 atom stereocenters. The molecule has 1 heterocycles. The number of rotatable bonds is 11. The van der Waals surface area contributed by atoms with Gasteiger partial charge in [-0.15, -0.1) is 10.2 Å². The summed E-state index contributed by atoms with van der Waals surface area (Å²) in [5, 5.41) is 36.6. The van der Waals surface area contributed by atoms with Crippen molar-refractivity contribution >= 4 is 46.0 Å². The van der Waals surface area contributed by atoms with Gasteiger partial charge in [-0.05, 0) is 66.6 Å². The summed E-state index contributed by atoms with van der Waals surface area (Å²) in [6.45, 7) is 9.50. The molecule has 5 rings (SSSR count). The number of phenolic OH excluding ortho intramolecular Hbond substituents is 1. The lowest BCUT2D eigenvalue weighted by Gasteiger charge is -2.24. The highest BCUT2D eigenvalue weighted by atomic mass is 35.5. The number of anilines is 2. The fraction of sp³-hybridized carbons (Fsp3) is 0.229. The summed E-state index contributed by atoms with van der Waals surface area (Å²) in [6.07, 6.45) is 1.46. The lowest BCUT2D eigenvalue weighted by Crippen LogP contribution is -2.16. The van der Waals surface area contributed by atoms with Crippen LogP contribution in [0.3, 0.4) is 0 Å². The third-order valence-corrected chi connectivity index (χ3v) is 8.01. The Morgan fingerprint density at radius 1 is 1.00 bits per heavy atom. The second-order valence-corrected chi connectivity index (χ2v) is 11.1. The van der Waals surface area contributed by atoms with Gasteiger partial charge in [0.2, 0.25) is 0 Å². The van der Waals surface area contributed by atoms with Gasteiger partial charge in [0, 0.05) is 32.4 Å². The van der Waals surface area contributed by atoms with Crippen LogP contribution in [0.4, 0.5) is 23.0 Å². The number of pyridine rings is 1. The zero-order valence-corrected chi connectivity index (χ0v) is 26.1. The Kier molecular flexibility index (Phi) is 9.57. The number of aryl methyl sites for hydroxylation is 1. The first-order valence-electron chi connectivity index (χ1n) is 14.5. The van der Waals surface area contributed by atoms with Crippen molar-refractivity contribution in [3.63, 3.8) is 0 Å². The number of phenols is 1. The second kappa shape index (κ2) is 13.7. The first kappa shape index (κ1) is 31.4. The second-order valence-electron chi connectivity index (χ2n) is 10.7. The molecule has 0 unspecified atom stereocenters. The van der Waals surface area contributed by atoms with Crippen LogP contribution in [0.1, 0.15) is 55.7 Å². The summed E-state index contributed by atoms with van der Waals surface area (Å²) in [5.74, 6) is 0.280. The number of nitrogens with one attached hydrogen (secondary N) is 2. The van der Waals surface area contributed by atoms with Crippen LogP contribution in [-0.4, -0.2) is 42.7 Å². The summed E-state index contributed by atoms with van der Waals surface area (Å²) in [7, 11) is 1.64. The number of hydrogen-bond donors (Lipinski definition) is 3. The Morgan fingerprint density at radius 3 is 2.47 bits per heavy atom. The number of aromatic hydroxyl groups is 1. The normalized spacial score (nSPS) is 12.2. The average molecular weight is 621 g/mol. The first-order chi connectivity index (χ1) is 21.8. The van der Waals surface area contributed by atoms with E-state index < -0.39 is 5.78 Å². The zero-order valence-electron chi connectivity index (χ0n) is 25.4. The molecule has 0 spiro atoms. The topological polar surface area (TPSA) is 132 Å². The van der Waals surface area contributed by atoms with E-state index in [4.69, 9.17) is 21.3 Å². The number of nitriles is 1. The molecular weight excluding hydrogens is 588 g/mol. The van der Waals surface area contributed by atoms with Crippen molar-refractivity contribution in [3.05, 3.63) is 111 Å². The molecule has 0 aliphatic heterocycles. The number of nitrogens with zero attached hydrogens (tertiary/aromatic N) is 4. The number of fused-ring (bicyclic) bond motifs is 2. The standard InChI is InChI=1S/C35H33ClN6O3/c1-20-18-26(36)32(30-28(20)21(2)24-12-8-13-27(43)29(24)33(30)44)42-41-31-22(3)25(19-37)34(40-35(31)38-15-9-17-45-4)39-16-14-23-10-6-5-7-11-23/h5-8,10-13,18,43H,2,9,14-17H2,1,3-4H3,(H2,38,39,40). The van der Waals surface area contributed by atoms with Gasteiger partial charge in [0.25, 0.3) is 0 Å². The van der Waals surface area contributed by atoms with Gasteiger partial charge in [0.1, 0.15) is 29.0 Å². The predicted molar refractivity (Wildman–Crippen MR) is 177 cm³/mol. The van der Waals surface area contributed by atoms with Crippen molar-refractivity contribution in [2.75, 3.05) is 37.4 Å². The Labute approximate surface area is 267 Å². The van der Waals surface area contributed by atoms with E-state index in [9.17, 15) is 15.2 Å². The monoisotopic (exact) mass is 620 g/mol. The molecule has 0 bridgehead atoms. The summed E-state index contributed by atoms with van der Waals surface area (Å²) in [4.78, 5) is 18.6. The number of methoxy groups -OCH3 is 1. The van der Waals surface area contributed by atoms with E-state index in [1.807, 2.05) is 37.3 Å². The van der Waals surface area contributed by atoms with Gasteiger partial charge in [-0.25, -0.2) is 4.98 Å². The van der Waals surface area contributed by atoms with E-state index in [-0.39, 0.29) is 27.6 Å². The number of ether oxygens (including phenoxy) is 1. The van der Waals surface area contributed by atoms with Gasteiger partial charge in [0.15, 0.2) is 11.6 Å². The third-order valence-electron chi connectivity index (χ3n) is 7.72. The maximum absolute atomic E-state index is 13.8. The molecule has 0 saturated heterocycles. The largest absolute Gasteiger partial charge is 0.507 e. The number of carbonyl (C=O) groups excluding carboxylic acids is 1. The highest BCUT2D eigenvalue weighted by Gasteiger charge is 2.33. The van der Waals surface area contributed by atoms with Crippen molar-refractivity contribution in [2.24, 2.45) is 10.2 Å². The molecule has 4 aromatic rings. The SMILES string of the molecule is C=C1c2cccc(O)c2C(=O)c2c(N=Nc3c(NCCCOC)nc(NCCc4ccccc4)c(C#N)c3C)c(Cl)cc(C)c21.